The Kier molecular flexibility index (Phi) is 4.32. The second-order valence-corrected chi connectivity index (χ2v) is 1.79. The SMILES string of the molecule is CC(=O)/C=C(\O)NCCO. The second-order valence-electron chi connectivity index (χ2n) is 1.79. The van der Waals surface area contributed by atoms with Crippen LogP contribution in [0.1, 0.15) is 6.92 Å². The van der Waals surface area contributed by atoms with Gasteiger partial charge in [-0.3, -0.25) is 4.79 Å². The number of aliphatic hydroxyl groups excluding tert-OH is 2. The molecule has 0 bridgehead atoms. The molecular formula is C6H11NO3. The third kappa shape index (κ3) is 5.11. The molecule has 0 saturated carbocycles. The Balaban J connectivity index is 3.60. The summed E-state index contributed by atoms with van der Waals surface area (Å²) in [6.45, 7) is 1.50. The van der Waals surface area contributed by atoms with Gasteiger partial charge in [0.25, 0.3) is 0 Å². The van der Waals surface area contributed by atoms with E-state index in [1.54, 1.807) is 0 Å². The van der Waals surface area contributed by atoms with E-state index >= 15 is 0 Å². The van der Waals surface area contributed by atoms with Crippen molar-refractivity contribution in [3.05, 3.63) is 12.0 Å². The minimum absolute atomic E-state index is 0.0736. The largest absolute Gasteiger partial charge is 0.495 e. The molecular weight excluding hydrogens is 134 g/mol. The van der Waals surface area contributed by atoms with Gasteiger partial charge in [-0.05, 0) is 6.92 Å². The Labute approximate surface area is 59.2 Å². The van der Waals surface area contributed by atoms with Gasteiger partial charge in [0.15, 0.2) is 11.7 Å². The molecule has 3 N–H and O–H groups in total. The molecule has 0 heterocycles. The minimum Gasteiger partial charge on any atom is -0.495 e. The highest BCUT2D eigenvalue weighted by Gasteiger charge is 1.91. The van der Waals surface area contributed by atoms with Gasteiger partial charge in [-0.15, -0.1) is 0 Å². The zero-order valence-corrected chi connectivity index (χ0v) is 5.79. The zero-order chi connectivity index (χ0) is 7.98. The average molecular weight is 145 g/mol. The van der Waals surface area contributed by atoms with Crippen LogP contribution in [0.4, 0.5) is 0 Å². The van der Waals surface area contributed by atoms with E-state index in [-0.39, 0.29) is 24.8 Å². The van der Waals surface area contributed by atoms with Gasteiger partial charge in [-0.2, -0.15) is 0 Å². The predicted molar refractivity (Wildman–Crippen MR) is 36.5 cm³/mol. The Morgan fingerprint density at radius 1 is 1.70 bits per heavy atom. The summed E-state index contributed by atoms with van der Waals surface area (Å²) in [6.07, 6.45) is 1.05. The third-order valence-electron chi connectivity index (χ3n) is 0.758. The van der Waals surface area contributed by atoms with E-state index in [0.29, 0.717) is 0 Å². The molecule has 0 aromatic rings. The van der Waals surface area contributed by atoms with Gasteiger partial charge >= 0.3 is 0 Å². The molecule has 0 atom stereocenters. The summed E-state index contributed by atoms with van der Waals surface area (Å²) in [4.78, 5) is 10.3. The van der Waals surface area contributed by atoms with Gasteiger partial charge in [0.1, 0.15) is 0 Å². The number of allylic oxidation sites excluding steroid dienone is 1. The summed E-state index contributed by atoms with van der Waals surface area (Å²) in [6, 6.07) is 0. The minimum atomic E-state index is -0.233. The molecule has 4 heteroatoms. The van der Waals surface area contributed by atoms with Crippen LogP contribution in [0.15, 0.2) is 12.0 Å². The number of hydrogen-bond acceptors (Lipinski definition) is 4. The third-order valence-corrected chi connectivity index (χ3v) is 0.758. The topological polar surface area (TPSA) is 69.6 Å². The van der Waals surface area contributed by atoms with E-state index in [4.69, 9.17) is 10.2 Å². The number of carbonyl (C=O) groups is 1. The lowest BCUT2D eigenvalue weighted by molar-refractivity contribution is -0.112. The van der Waals surface area contributed by atoms with Crippen molar-refractivity contribution in [2.45, 2.75) is 6.92 Å². The highest BCUT2D eigenvalue weighted by molar-refractivity contribution is 5.87. The van der Waals surface area contributed by atoms with E-state index in [2.05, 4.69) is 5.32 Å². The molecule has 0 unspecified atom stereocenters. The van der Waals surface area contributed by atoms with Crippen LogP contribution in [0.3, 0.4) is 0 Å². The Morgan fingerprint density at radius 2 is 2.30 bits per heavy atom. The number of aliphatic hydroxyl groups is 2. The molecule has 0 fully saturated rings. The molecule has 0 aliphatic carbocycles. The van der Waals surface area contributed by atoms with Gasteiger partial charge in [0.2, 0.25) is 0 Å². The molecule has 0 amide bonds. The number of carbonyl (C=O) groups excluding carboxylic acids is 1. The van der Waals surface area contributed by atoms with Gasteiger partial charge in [-0.25, -0.2) is 0 Å². The summed E-state index contributed by atoms with van der Waals surface area (Å²) in [5, 5.41) is 19.4. The molecule has 0 radical (unpaired) electrons. The molecule has 0 aromatic carbocycles. The van der Waals surface area contributed by atoms with Crippen molar-refractivity contribution in [2.24, 2.45) is 0 Å². The summed E-state index contributed by atoms with van der Waals surface area (Å²) in [5.41, 5.74) is 0. The molecule has 0 aromatic heterocycles. The van der Waals surface area contributed by atoms with Crippen LogP contribution >= 0.6 is 0 Å². The van der Waals surface area contributed by atoms with Crippen molar-refractivity contribution in [2.75, 3.05) is 13.2 Å². The lowest BCUT2D eigenvalue weighted by atomic mass is 10.4. The summed E-state index contributed by atoms with van der Waals surface area (Å²) in [7, 11) is 0. The summed E-state index contributed by atoms with van der Waals surface area (Å²) < 4.78 is 0. The fraction of sp³-hybridized carbons (Fsp3) is 0.500. The van der Waals surface area contributed by atoms with Crippen LogP contribution in [0, 0.1) is 0 Å². The molecule has 0 rings (SSSR count). The van der Waals surface area contributed by atoms with Gasteiger partial charge < -0.3 is 15.5 Å². The number of rotatable bonds is 4. The lowest BCUT2D eigenvalue weighted by Crippen LogP contribution is -2.17. The number of ketones is 1. The smallest absolute Gasteiger partial charge is 0.187 e. The highest BCUT2D eigenvalue weighted by atomic mass is 16.3. The van der Waals surface area contributed by atoms with Gasteiger partial charge in [0.05, 0.1) is 6.61 Å². The van der Waals surface area contributed by atoms with Crippen LogP contribution in [-0.4, -0.2) is 29.1 Å². The summed E-state index contributed by atoms with van der Waals surface area (Å²) in [5.74, 6) is -0.440. The Morgan fingerprint density at radius 3 is 2.70 bits per heavy atom. The molecule has 0 spiro atoms. The number of nitrogens with one attached hydrogen (secondary N) is 1. The predicted octanol–water partition coefficient (Wildman–Crippen LogP) is -0.443. The Bertz CT molecular complexity index is 142. The molecule has 4 nitrogen and oxygen atoms in total. The van der Waals surface area contributed by atoms with Crippen LogP contribution in [0.25, 0.3) is 0 Å². The first-order valence-electron chi connectivity index (χ1n) is 2.92. The maximum absolute atomic E-state index is 10.3. The quantitative estimate of drug-likeness (QED) is 0.370. The maximum Gasteiger partial charge on any atom is 0.187 e. The molecule has 58 valence electrons. The average Bonchev–Trinajstić information content (AvgIpc) is 1.82. The van der Waals surface area contributed by atoms with Crippen LogP contribution in [0.2, 0.25) is 0 Å². The van der Waals surface area contributed by atoms with E-state index < -0.39 is 0 Å². The van der Waals surface area contributed by atoms with Crippen LogP contribution in [-0.2, 0) is 4.79 Å². The van der Waals surface area contributed by atoms with Crippen molar-refractivity contribution in [1.29, 1.82) is 0 Å². The fourth-order valence-electron chi connectivity index (χ4n) is 0.428. The molecule has 0 aliphatic rings. The lowest BCUT2D eigenvalue weighted by Gasteiger charge is -1.99. The van der Waals surface area contributed by atoms with Crippen LogP contribution in [0.5, 0.6) is 0 Å². The number of hydrogen-bond donors (Lipinski definition) is 3. The monoisotopic (exact) mass is 145 g/mol. The van der Waals surface area contributed by atoms with E-state index in [1.165, 1.54) is 6.92 Å². The maximum atomic E-state index is 10.3. The van der Waals surface area contributed by atoms with Crippen molar-refractivity contribution in [3.8, 4) is 0 Å². The van der Waals surface area contributed by atoms with Crippen molar-refractivity contribution in [1.82, 2.24) is 5.32 Å². The van der Waals surface area contributed by atoms with Crippen molar-refractivity contribution in [3.63, 3.8) is 0 Å². The van der Waals surface area contributed by atoms with Crippen molar-refractivity contribution < 1.29 is 15.0 Å². The molecule has 0 saturated heterocycles. The normalized spacial score (nSPS) is 11.2. The first-order chi connectivity index (χ1) is 4.66. The highest BCUT2D eigenvalue weighted by Crippen LogP contribution is 1.81. The standard InChI is InChI=1S/C6H11NO3/c1-5(9)4-6(10)7-2-3-8/h4,7-8,10H,2-3H2,1H3/b6-4-. The fourth-order valence-corrected chi connectivity index (χ4v) is 0.428. The zero-order valence-electron chi connectivity index (χ0n) is 5.79. The van der Waals surface area contributed by atoms with Crippen molar-refractivity contribution >= 4 is 5.78 Å². The van der Waals surface area contributed by atoms with Gasteiger partial charge in [-0.1, -0.05) is 0 Å². The van der Waals surface area contributed by atoms with E-state index in [9.17, 15) is 4.79 Å². The van der Waals surface area contributed by atoms with Crippen LogP contribution < -0.4 is 5.32 Å². The van der Waals surface area contributed by atoms with E-state index in [1.807, 2.05) is 0 Å². The first-order valence-corrected chi connectivity index (χ1v) is 2.92. The van der Waals surface area contributed by atoms with E-state index in [0.717, 1.165) is 6.08 Å². The molecule has 0 aliphatic heterocycles. The van der Waals surface area contributed by atoms with Gasteiger partial charge in [0, 0.05) is 12.6 Å². The summed E-state index contributed by atoms with van der Waals surface area (Å²) >= 11 is 0. The second kappa shape index (κ2) is 4.81. The molecule has 10 heavy (non-hydrogen) atoms. The Hall–Kier alpha value is -1.03. The first kappa shape index (κ1) is 8.97.